The summed E-state index contributed by atoms with van der Waals surface area (Å²) in [7, 11) is 6.99. The zero-order chi connectivity index (χ0) is 21.7. The smallest absolute Gasteiger partial charge is 0.240 e. The fourth-order valence-electron chi connectivity index (χ4n) is 2.81. The molecule has 1 saturated heterocycles. The third-order valence-electron chi connectivity index (χ3n) is 4.43. The monoisotopic (exact) mass is 428 g/mol. The van der Waals surface area contributed by atoms with E-state index in [9.17, 15) is 9.59 Å². The van der Waals surface area contributed by atoms with Crippen molar-refractivity contribution in [2.45, 2.75) is 11.7 Å². The van der Waals surface area contributed by atoms with Gasteiger partial charge in [0, 0.05) is 32.3 Å². The summed E-state index contributed by atoms with van der Waals surface area (Å²) in [6.07, 6.45) is 0.0181. The zero-order valence-corrected chi connectivity index (χ0v) is 18.1. The second kappa shape index (κ2) is 9.53. The van der Waals surface area contributed by atoms with E-state index >= 15 is 0 Å². The number of benzene rings is 2. The van der Waals surface area contributed by atoms with Crippen LogP contribution in [0, 0.1) is 0 Å². The summed E-state index contributed by atoms with van der Waals surface area (Å²) in [5.74, 6) is 0.577. The molecule has 0 aliphatic carbocycles. The number of nitrogens with zero attached hydrogens (tertiary/aromatic N) is 2. The van der Waals surface area contributed by atoms with Crippen LogP contribution in [0.5, 0.6) is 11.5 Å². The molecule has 0 bridgehead atoms. The number of methoxy groups -OCH3 is 2. The Morgan fingerprint density at radius 1 is 1.17 bits per heavy atom. The predicted octanol–water partition coefficient (Wildman–Crippen LogP) is 3.02. The van der Waals surface area contributed by atoms with Gasteiger partial charge in [0.05, 0.1) is 25.6 Å². The van der Waals surface area contributed by atoms with Crippen LogP contribution < -0.4 is 25.0 Å². The normalized spacial score (nSPS) is 16.9. The standard InChI is InChI=1S/C21H24N4O4S/c1-25(2)14-7-5-13(6-8-14)22-21-24-20(27)18(30-21)12-19(26)23-16-10-9-15(28-3)11-17(16)29-4/h5-11,18H,12H2,1-4H3,(H,23,26)(H,22,24,27). The number of ether oxygens (including phenoxy) is 2. The number of hydrogen-bond acceptors (Lipinski definition) is 7. The van der Waals surface area contributed by atoms with Gasteiger partial charge >= 0.3 is 0 Å². The highest BCUT2D eigenvalue weighted by molar-refractivity contribution is 8.15. The number of anilines is 2. The summed E-state index contributed by atoms with van der Waals surface area (Å²) in [5, 5.41) is 5.46. The SMILES string of the molecule is COc1ccc(NC(=O)CC2SC(=Nc3ccc(N(C)C)cc3)NC2=O)c(OC)c1. The maximum Gasteiger partial charge on any atom is 0.240 e. The van der Waals surface area contributed by atoms with Gasteiger partial charge in [0.25, 0.3) is 0 Å². The number of amidine groups is 1. The van der Waals surface area contributed by atoms with Crippen molar-refractivity contribution in [1.29, 1.82) is 0 Å². The lowest BCUT2D eigenvalue weighted by molar-refractivity contribution is -0.122. The van der Waals surface area contributed by atoms with Crippen molar-refractivity contribution < 1.29 is 19.1 Å². The number of carbonyl (C=O) groups is 2. The van der Waals surface area contributed by atoms with Gasteiger partial charge in [-0.25, -0.2) is 4.99 Å². The first-order chi connectivity index (χ1) is 14.4. The minimum Gasteiger partial charge on any atom is -0.497 e. The van der Waals surface area contributed by atoms with Crippen LogP contribution in [0.4, 0.5) is 17.1 Å². The van der Waals surface area contributed by atoms with E-state index in [1.807, 2.05) is 43.3 Å². The number of carbonyl (C=O) groups excluding carboxylic acids is 2. The van der Waals surface area contributed by atoms with E-state index in [4.69, 9.17) is 9.47 Å². The molecule has 2 amide bonds. The molecular formula is C21H24N4O4S. The van der Waals surface area contributed by atoms with Gasteiger partial charge in [-0.15, -0.1) is 0 Å². The Morgan fingerprint density at radius 2 is 1.90 bits per heavy atom. The lowest BCUT2D eigenvalue weighted by Crippen LogP contribution is -2.28. The summed E-state index contributed by atoms with van der Waals surface area (Å²) in [6, 6.07) is 12.8. The number of nitrogens with one attached hydrogen (secondary N) is 2. The van der Waals surface area contributed by atoms with Crippen molar-refractivity contribution in [3.8, 4) is 11.5 Å². The van der Waals surface area contributed by atoms with Crippen LogP contribution in [0.2, 0.25) is 0 Å². The van der Waals surface area contributed by atoms with Gasteiger partial charge in [0.15, 0.2) is 5.17 Å². The fraction of sp³-hybridized carbons (Fsp3) is 0.286. The van der Waals surface area contributed by atoms with E-state index < -0.39 is 5.25 Å². The molecule has 3 rings (SSSR count). The Kier molecular flexibility index (Phi) is 6.83. The molecular weight excluding hydrogens is 404 g/mol. The van der Waals surface area contributed by atoms with Crippen LogP contribution in [0.15, 0.2) is 47.5 Å². The van der Waals surface area contributed by atoms with E-state index in [1.54, 1.807) is 25.3 Å². The third kappa shape index (κ3) is 5.24. The highest BCUT2D eigenvalue weighted by Crippen LogP contribution is 2.30. The molecule has 1 aliphatic heterocycles. The van der Waals surface area contributed by atoms with Crippen LogP contribution in [0.3, 0.4) is 0 Å². The number of aliphatic imine (C=N–C) groups is 1. The number of rotatable bonds is 7. The average Bonchev–Trinajstić information content (AvgIpc) is 3.07. The Morgan fingerprint density at radius 3 is 2.53 bits per heavy atom. The molecule has 1 unspecified atom stereocenters. The maximum absolute atomic E-state index is 12.5. The van der Waals surface area contributed by atoms with Crippen molar-refractivity contribution in [2.75, 3.05) is 38.5 Å². The largest absolute Gasteiger partial charge is 0.497 e. The van der Waals surface area contributed by atoms with Gasteiger partial charge in [0.1, 0.15) is 16.7 Å². The number of amides is 2. The third-order valence-corrected chi connectivity index (χ3v) is 5.51. The minimum absolute atomic E-state index is 0.0181. The predicted molar refractivity (Wildman–Crippen MR) is 120 cm³/mol. The van der Waals surface area contributed by atoms with E-state index in [1.165, 1.54) is 18.9 Å². The van der Waals surface area contributed by atoms with Crippen LogP contribution in [-0.4, -0.2) is 50.5 Å². The van der Waals surface area contributed by atoms with Crippen molar-refractivity contribution in [3.05, 3.63) is 42.5 Å². The lowest BCUT2D eigenvalue weighted by atomic mass is 10.2. The van der Waals surface area contributed by atoms with Gasteiger partial charge in [-0.05, 0) is 36.4 Å². The van der Waals surface area contributed by atoms with Crippen molar-refractivity contribution >= 4 is 45.8 Å². The highest BCUT2D eigenvalue weighted by Gasteiger charge is 2.32. The number of hydrogen-bond donors (Lipinski definition) is 2. The molecule has 9 heteroatoms. The summed E-state index contributed by atoms with van der Waals surface area (Å²) in [4.78, 5) is 31.2. The molecule has 2 N–H and O–H groups in total. The second-order valence-corrected chi connectivity index (χ2v) is 7.93. The van der Waals surface area contributed by atoms with E-state index in [2.05, 4.69) is 15.6 Å². The molecule has 30 heavy (non-hydrogen) atoms. The van der Waals surface area contributed by atoms with Crippen LogP contribution in [-0.2, 0) is 9.59 Å². The van der Waals surface area contributed by atoms with Gasteiger partial charge in [-0.2, -0.15) is 0 Å². The topological polar surface area (TPSA) is 92.3 Å². The molecule has 1 aliphatic rings. The summed E-state index contributed by atoms with van der Waals surface area (Å²) in [6.45, 7) is 0. The van der Waals surface area contributed by atoms with Crippen molar-refractivity contribution in [2.24, 2.45) is 4.99 Å². The second-order valence-electron chi connectivity index (χ2n) is 6.74. The molecule has 0 spiro atoms. The Hall–Kier alpha value is -3.20. The Labute approximate surface area is 179 Å². The van der Waals surface area contributed by atoms with Crippen molar-refractivity contribution in [3.63, 3.8) is 0 Å². The Balaban J connectivity index is 1.62. The zero-order valence-electron chi connectivity index (χ0n) is 17.3. The molecule has 0 aromatic heterocycles. The van der Waals surface area contributed by atoms with Gasteiger partial charge in [-0.1, -0.05) is 11.8 Å². The van der Waals surface area contributed by atoms with E-state index in [-0.39, 0.29) is 18.2 Å². The van der Waals surface area contributed by atoms with E-state index in [0.29, 0.717) is 22.4 Å². The first-order valence-corrected chi connectivity index (χ1v) is 10.1. The lowest BCUT2D eigenvalue weighted by Gasteiger charge is -2.12. The molecule has 158 valence electrons. The molecule has 8 nitrogen and oxygen atoms in total. The molecule has 2 aromatic rings. The number of thioether (sulfide) groups is 1. The van der Waals surface area contributed by atoms with Crippen LogP contribution in [0.25, 0.3) is 0 Å². The van der Waals surface area contributed by atoms with Crippen LogP contribution in [0.1, 0.15) is 6.42 Å². The molecule has 1 heterocycles. The average molecular weight is 429 g/mol. The minimum atomic E-state index is -0.547. The van der Waals surface area contributed by atoms with Gasteiger partial charge in [-0.3, -0.25) is 9.59 Å². The van der Waals surface area contributed by atoms with Gasteiger partial charge in [0.2, 0.25) is 11.8 Å². The first kappa shape index (κ1) is 21.5. The summed E-state index contributed by atoms with van der Waals surface area (Å²) < 4.78 is 10.4. The molecule has 0 radical (unpaired) electrons. The Bertz CT molecular complexity index is 960. The fourth-order valence-corrected chi connectivity index (χ4v) is 3.79. The van der Waals surface area contributed by atoms with Crippen molar-refractivity contribution in [1.82, 2.24) is 5.32 Å². The summed E-state index contributed by atoms with van der Waals surface area (Å²) in [5.41, 5.74) is 2.31. The maximum atomic E-state index is 12.5. The summed E-state index contributed by atoms with van der Waals surface area (Å²) >= 11 is 1.25. The first-order valence-electron chi connectivity index (χ1n) is 9.25. The molecule has 1 fully saturated rings. The van der Waals surface area contributed by atoms with Crippen LogP contribution >= 0.6 is 11.8 Å². The molecule has 0 saturated carbocycles. The highest BCUT2D eigenvalue weighted by atomic mass is 32.2. The quantitative estimate of drug-likeness (QED) is 0.704. The van der Waals surface area contributed by atoms with Gasteiger partial charge < -0.3 is 25.0 Å². The molecule has 2 aromatic carbocycles. The molecule has 1 atom stereocenters. The van der Waals surface area contributed by atoms with E-state index in [0.717, 1.165) is 11.4 Å².